The van der Waals surface area contributed by atoms with E-state index < -0.39 is 11.2 Å². The van der Waals surface area contributed by atoms with Gasteiger partial charge in [-0.1, -0.05) is 11.8 Å². The Hall–Kier alpha value is -3.68. The minimum Gasteiger partial charge on any atom is -0.356 e. The van der Waals surface area contributed by atoms with Crippen molar-refractivity contribution in [1.82, 2.24) is 43.8 Å². The van der Waals surface area contributed by atoms with E-state index in [1.165, 1.54) is 41.3 Å². The van der Waals surface area contributed by atoms with Crippen LogP contribution in [0.1, 0.15) is 12.8 Å². The van der Waals surface area contributed by atoms with E-state index in [4.69, 9.17) is 4.98 Å². The molecule has 1 aliphatic rings. The lowest BCUT2D eigenvalue weighted by Gasteiger charge is -2.17. The van der Waals surface area contributed by atoms with E-state index >= 15 is 0 Å². The lowest BCUT2D eigenvalue weighted by Crippen LogP contribution is -2.38. The molecule has 184 valence electrons. The number of hydrogen-bond donors (Lipinski definition) is 1. The molecular formula is C21H26N10O3S. The molecule has 35 heavy (non-hydrogen) atoms. The fraction of sp³-hybridized carbons (Fsp3) is 0.476. The van der Waals surface area contributed by atoms with Crippen LogP contribution in [-0.4, -0.2) is 70.2 Å². The van der Waals surface area contributed by atoms with Crippen LogP contribution in [-0.2, 0) is 32.0 Å². The van der Waals surface area contributed by atoms with Crippen molar-refractivity contribution >= 4 is 45.7 Å². The van der Waals surface area contributed by atoms with E-state index in [1.54, 1.807) is 10.9 Å². The summed E-state index contributed by atoms with van der Waals surface area (Å²) < 4.78 is 5.52. The third kappa shape index (κ3) is 4.07. The number of imidazole rings is 1. The average molecular weight is 499 g/mol. The molecule has 1 amide bonds. The van der Waals surface area contributed by atoms with Crippen LogP contribution in [0.3, 0.4) is 0 Å². The topological polar surface area (TPSA) is 138 Å². The van der Waals surface area contributed by atoms with E-state index in [0.717, 1.165) is 47.3 Å². The van der Waals surface area contributed by atoms with Crippen LogP contribution in [0.5, 0.6) is 0 Å². The van der Waals surface area contributed by atoms with E-state index in [1.807, 2.05) is 6.26 Å². The number of anilines is 1. The van der Waals surface area contributed by atoms with E-state index in [0.29, 0.717) is 18.2 Å². The first-order valence-electron chi connectivity index (χ1n) is 11.3. The highest BCUT2D eigenvalue weighted by Gasteiger charge is 2.21. The Labute approximate surface area is 203 Å². The zero-order valence-corrected chi connectivity index (χ0v) is 20.6. The van der Waals surface area contributed by atoms with Crippen LogP contribution in [0, 0.1) is 0 Å². The maximum absolute atomic E-state index is 12.6. The van der Waals surface area contributed by atoms with Gasteiger partial charge in [0.1, 0.15) is 12.4 Å². The lowest BCUT2D eigenvalue weighted by molar-refractivity contribution is -0.121. The number of nitrogens with zero attached hydrogens (tertiary/aromatic N) is 9. The van der Waals surface area contributed by atoms with E-state index in [2.05, 4.69) is 25.3 Å². The monoisotopic (exact) mass is 498 g/mol. The lowest BCUT2D eigenvalue weighted by atomic mass is 10.3. The highest BCUT2D eigenvalue weighted by Crippen LogP contribution is 2.28. The largest absolute Gasteiger partial charge is 0.356 e. The number of amides is 1. The molecule has 0 spiro atoms. The maximum atomic E-state index is 12.6. The van der Waals surface area contributed by atoms with Crippen molar-refractivity contribution in [1.29, 1.82) is 0 Å². The van der Waals surface area contributed by atoms with Crippen LogP contribution in [0.2, 0.25) is 0 Å². The molecule has 4 aromatic heterocycles. The number of nitrogens with one attached hydrogen (secondary N) is 1. The van der Waals surface area contributed by atoms with Gasteiger partial charge in [0.05, 0.1) is 24.5 Å². The maximum Gasteiger partial charge on any atom is 0.332 e. The Morgan fingerprint density at radius 2 is 1.89 bits per heavy atom. The van der Waals surface area contributed by atoms with Crippen LogP contribution < -0.4 is 21.5 Å². The van der Waals surface area contributed by atoms with E-state index in [9.17, 15) is 14.4 Å². The first kappa shape index (κ1) is 23.1. The first-order valence-corrected chi connectivity index (χ1v) is 12.5. The number of thioether (sulfide) groups is 1. The van der Waals surface area contributed by atoms with Gasteiger partial charge in [0.15, 0.2) is 22.0 Å². The van der Waals surface area contributed by atoms with Gasteiger partial charge in [-0.3, -0.25) is 18.7 Å². The molecule has 0 unspecified atom stereocenters. The molecule has 5 heterocycles. The molecule has 1 fully saturated rings. The summed E-state index contributed by atoms with van der Waals surface area (Å²) in [6.45, 7) is 2.61. The number of hydrogen-bond acceptors (Lipinski definition) is 9. The zero-order chi connectivity index (χ0) is 24.7. The predicted molar refractivity (Wildman–Crippen MR) is 132 cm³/mol. The van der Waals surface area contributed by atoms with Crippen molar-refractivity contribution in [3.8, 4) is 0 Å². The molecule has 0 aliphatic carbocycles. The SMILES string of the molecule is CSc1nc(N2CCCC2)c2cnn(CCNC(=O)Cn3cnc4c3c(=O)n(C)c(=O)n4C)c2n1. The normalized spacial score (nSPS) is 13.9. The van der Waals surface area contributed by atoms with Crippen LogP contribution in [0.25, 0.3) is 22.2 Å². The highest BCUT2D eigenvalue weighted by atomic mass is 32.2. The van der Waals surface area contributed by atoms with Gasteiger partial charge < -0.3 is 14.8 Å². The minimum absolute atomic E-state index is 0.0955. The van der Waals surface area contributed by atoms with Crippen molar-refractivity contribution < 1.29 is 4.79 Å². The quantitative estimate of drug-likeness (QED) is 0.269. The Bertz CT molecular complexity index is 1540. The summed E-state index contributed by atoms with van der Waals surface area (Å²) in [6, 6.07) is 0. The van der Waals surface area contributed by atoms with Crippen molar-refractivity contribution in [2.45, 2.75) is 31.1 Å². The summed E-state index contributed by atoms with van der Waals surface area (Å²) in [7, 11) is 2.94. The summed E-state index contributed by atoms with van der Waals surface area (Å²) in [4.78, 5) is 53.1. The second-order valence-corrected chi connectivity index (χ2v) is 9.21. The Kier molecular flexibility index (Phi) is 6.05. The Morgan fingerprint density at radius 3 is 2.63 bits per heavy atom. The standard InChI is InChI=1S/C21H26N10O3S/c1-27-18-15(19(33)28(2)21(27)34)30(12-23-18)11-14(32)22-6-9-31-17-13(10-24-31)16(25-20(26-17)35-3)29-7-4-5-8-29/h10,12H,4-9,11H2,1-3H3,(H,22,32). The van der Waals surface area contributed by atoms with Crippen LogP contribution in [0.15, 0.2) is 27.3 Å². The van der Waals surface area contributed by atoms with Gasteiger partial charge in [-0.25, -0.2) is 24.4 Å². The molecule has 0 saturated carbocycles. The summed E-state index contributed by atoms with van der Waals surface area (Å²) in [5.74, 6) is 0.629. The molecule has 4 aromatic rings. The number of rotatable bonds is 7. The molecule has 1 saturated heterocycles. The summed E-state index contributed by atoms with van der Waals surface area (Å²) in [5.41, 5.74) is 0.232. The number of carbonyl (C=O) groups excluding carboxylic acids is 1. The first-order chi connectivity index (χ1) is 16.9. The Balaban J connectivity index is 1.30. The molecule has 0 bridgehead atoms. The molecular weight excluding hydrogens is 472 g/mol. The molecule has 1 aliphatic heterocycles. The third-order valence-electron chi connectivity index (χ3n) is 6.22. The van der Waals surface area contributed by atoms with E-state index in [-0.39, 0.29) is 23.6 Å². The van der Waals surface area contributed by atoms with Gasteiger partial charge in [0.25, 0.3) is 5.56 Å². The second-order valence-electron chi connectivity index (χ2n) is 8.43. The predicted octanol–water partition coefficient (Wildman–Crippen LogP) is -0.288. The Morgan fingerprint density at radius 1 is 1.11 bits per heavy atom. The van der Waals surface area contributed by atoms with Gasteiger partial charge in [-0.15, -0.1) is 0 Å². The molecule has 0 aromatic carbocycles. The van der Waals surface area contributed by atoms with Crippen molar-refractivity contribution in [2.24, 2.45) is 14.1 Å². The minimum atomic E-state index is -0.491. The molecule has 0 radical (unpaired) electrons. The van der Waals surface area contributed by atoms with Gasteiger partial charge in [0.2, 0.25) is 5.91 Å². The smallest absolute Gasteiger partial charge is 0.332 e. The van der Waals surface area contributed by atoms with Gasteiger partial charge in [-0.05, 0) is 19.1 Å². The number of fused-ring (bicyclic) bond motifs is 2. The van der Waals surface area contributed by atoms with Gasteiger partial charge in [0, 0.05) is 33.7 Å². The third-order valence-corrected chi connectivity index (χ3v) is 6.77. The van der Waals surface area contributed by atoms with Gasteiger partial charge >= 0.3 is 5.69 Å². The second kappa shape index (κ2) is 9.17. The number of carbonyl (C=O) groups is 1. The number of aromatic nitrogens is 8. The zero-order valence-electron chi connectivity index (χ0n) is 19.8. The fourth-order valence-corrected chi connectivity index (χ4v) is 4.73. The fourth-order valence-electron chi connectivity index (χ4n) is 4.37. The van der Waals surface area contributed by atoms with Crippen LogP contribution in [0.4, 0.5) is 5.82 Å². The van der Waals surface area contributed by atoms with Crippen LogP contribution >= 0.6 is 11.8 Å². The van der Waals surface area contributed by atoms with Crippen molar-refractivity contribution in [3.05, 3.63) is 33.4 Å². The molecule has 5 rings (SSSR count). The average Bonchev–Trinajstić information content (AvgIpc) is 3.61. The summed E-state index contributed by atoms with van der Waals surface area (Å²) >= 11 is 1.49. The molecule has 1 N–H and O–H groups in total. The molecule has 0 atom stereocenters. The highest BCUT2D eigenvalue weighted by molar-refractivity contribution is 7.98. The number of aryl methyl sites for hydroxylation is 1. The summed E-state index contributed by atoms with van der Waals surface area (Å²) in [6.07, 6.45) is 7.42. The van der Waals surface area contributed by atoms with Crippen molar-refractivity contribution in [3.63, 3.8) is 0 Å². The molecule has 14 heteroatoms. The summed E-state index contributed by atoms with van der Waals surface area (Å²) in [5, 5.41) is 8.95. The van der Waals surface area contributed by atoms with Gasteiger partial charge in [-0.2, -0.15) is 5.10 Å². The molecule has 13 nitrogen and oxygen atoms in total. The van der Waals surface area contributed by atoms with Crippen molar-refractivity contribution in [2.75, 3.05) is 30.8 Å².